The first-order chi connectivity index (χ1) is 18.0. The second-order valence-electron chi connectivity index (χ2n) is 8.89. The number of carbonyl (C=O) groups is 3. The Kier molecular flexibility index (Phi) is 9.98. The molecule has 8 nitrogen and oxygen atoms in total. The average molecular weight is 598 g/mol. The van der Waals surface area contributed by atoms with Crippen LogP contribution >= 0.6 is 28.1 Å². The minimum Gasteiger partial charge on any atom is -0.483 e. The third-order valence-corrected chi connectivity index (χ3v) is 6.67. The van der Waals surface area contributed by atoms with Gasteiger partial charge in [-0.3, -0.25) is 30.6 Å². The first kappa shape index (κ1) is 28.8. The SMILES string of the molecule is Cc1cc(OCC(=O)NC(=S)NNC(=O)c2ccc(NC(=O)c3ccccc3C)cc2)c(C(C)C)cc1Br. The van der Waals surface area contributed by atoms with Gasteiger partial charge in [-0.05, 0) is 91.1 Å². The highest BCUT2D eigenvalue weighted by molar-refractivity contribution is 9.10. The lowest BCUT2D eigenvalue weighted by atomic mass is 10.0. The van der Waals surface area contributed by atoms with E-state index in [0.29, 0.717) is 22.6 Å². The lowest BCUT2D eigenvalue weighted by molar-refractivity contribution is -0.121. The molecule has 0 spiro atoms. The maximum Gasteiger partial charge on any atom is 0.269 e. The van der Waals surface area contributed by atoms with Gasteiger partial charge in [-0.2, -0.15) is 0 Å². The van der Waals surface area contributed by atoms with Crippen LogP contribution in [0.4, 0.5) is 5.69 Å². The summed E-state index contributed by atoms with van der Waals surface area (Å²) in [5.41, 5.74) is 9.22. The Morgan fingerprint density at radius 3 is 2.26 bits per heavy atom. The van der Waals surface area contributed by atoms with E-state index < -0.39 is 11.8 Å². The Labute approximate surface area is 235 Å². The summed E-state index contributed by atoms with van der Waals surface area (Å²) in [6, 6.07) is 17.5. The van der Waals surface area contributed by atoms with E-state index in [0.717, 1.165) is 21.2 Å². The molecule has 0 atom stereocenters. The number of hydrazine groups is 1. The zero-order valence-electron chi connectivity index (χ0n) is 21.5. The van der Waals surface area contributed by atoms with Crippen LogP contribution in [0.1, 0.15) is 57.2 Å². The second-order valence-corrected chi connectivity index (χ2v) is 10.1. The maximum absolute atomic E-state index is 12.5. The number of halogens is 1. The summed E-state index contributed by atoms with van der Waals surface area (Å²) in [7, 11) is 0. The van der Waals surface area contributed by atoms with Crippen molar-refractivity contribution in [3.8, 4) is 5.75 Å². The third kappa shape index (κ3) is 7.87. The lowest BCUT2D eigenvalue weighted by Crippen LogP contribution is -2.49. The van der Waals surface area contributed by atoms with Gasteiger partial charge in [-0.25, -0.2) is 0 Å². The number of nitrogens with one attached hydrogen (secondary N) is 4. The molecule has 10 heteroatoms. The van der Waals surface area contributed by atoms with Gasteiger partial charge in [0.1, 0.15) is 5.75 Å². The number of anilines is 1. The lowest BCUT2D eigenvalue weighted by Gasteiger charge is -2.16. The highest BCUT2D eigenvalue weighted by Gasteiger charge is 2.14. The Morgan fingerprint density at radius 1 is 0.921 bits per heavy atom. The fourth-order valence-corrected chi connectivity index (χ4v) is 4.03. The van der Waals surface area contributed by atoms with E-state index in [1.807, 2.05) is 52.0 Å². The molecule has 3 aromatic carbocycles. The molecule has 0 fully saturated rings. The van der Waals surface area contributed by atoms with Crippen molar-refractivity contribution in [2.45, 2.75) is 33.6 Å². The molecule has 0 aliphatic rings. The highest BCUT2D eigenvalue weighted by atomic mass is 79.9. The van der Waals surface area contributed by atoms with E-state index in [9.17, 15) is 14.4 Å². The number of amides is 3. The Hall–Kier alpha value is -3.76. The molecule has 0 aromatic heterocycles. The molecule has 3 aromatic rings. The molecule has 0 saturated carbocycles. The van der Waals surface area contributed by atoms with Crippen LogP contribution in [0.3, 0.4) is 0 Å². The van der Waals surface area contributed by atoms with Gasteiger partial charge in [-0.1, -0.05) is 48.0 Å². The first-order valence-corrected chi connectivity index (χ1v) is 13.0. The predicted octanol–water partition coefficient (Wildman–Crippen LogP) is 5.16. The molecular weight excluding hydrogens is 568 g/mol. The van der Waals surface area contributed by atoms with E-state index in [4.69, 9.17) is 17.0 Å². The van der Waals surface area contributed by atoms with Gasteiger partial charge < -0.3 is 10.1 Å². The molecule has 198 valence electrons. The van der Waals surface area contributed by atoms with Gasteiger partial charge >= 0.3 is 0 Å². The summed E-state index contributed by atoms with van der Waals surface area (Å²) in [5, 5.41) is 5.20. The number of hydrogen-bond donors (Lipinski definition) is 4. The Bertz CT molecular complexity index is 1360. The maximum atomic E-state index is 12.5. The minimum atomic E-state index is -0.472. The summed E-state index contributed by atoms with van der Waals surface area (Å²) in [6.07, 6.45) is 0. The fourth-order valence-electron chi connectivity index (χ4n) is 3.50. The quantitative estimate of drug-likeness (QED) is 0.222. The van der Waals surface area contributed by atoms with Crippen molar-refractivity contribution in [3.05, 3.63) is 93.0 Å². The van der Waals surface area contributed by atoms with Gasteiger partial charge in [0.2, 0.25) is 0 Å². The number of ether oxygens (including phenoxy) is 1. The van der Waals surface area contributed by atoms with Gasteiger partial charge in [0.05, 0.1) is 0 Å². The molecule has 0 aliphatic carbocycles. The Balaban J connectivity index is 1.46. The summed E-state index contributed by atoms with van der Waals surface area (Å²) < 4.78 is 6.70. The van der Waals surface area contributed by atoms with Crippen molar-refractivity contribution in [1.29, 1.82) is 0 Å². The molecule has 0 radical (unpaired) electrons. The van der Waals surface area contributed by atoms with Crippen LogP contribution in [0.5, 0.6) is 5.75 Å². The summed E-state index contributed by atoms with van der Waals surface area (Å²) in [5.74, 6) is -0.340. The molecule has 4 N–H and O–H groups in total. The third-order valence-electron chi connectivity index (χ3n) is 5.61. The van der Waals surface area contributed by atoms with Crippen LogP contribution in [-0.4, -0.2) is 29.4 Å². The second kappa shape index (κ2) is 13.2. The molecule has 0 saturated heterocycles. The first-order valence-electron chi connectivity index (χ1n) is 11.8. The van der Waals surface area contributed by atoms with Gasteiger partial charge in [0, 0.05) is 21.3 Å². The smallest absolute Gasteiger partial charge is 0.269 e. The van der Waals surface area contributed by atoms with E-state index in [-0.39, 0.29) is 23.5 Å². The van der Waals surface area contributed by atoms with E-state index in [1.165, 1.54) is 0 Å². The van der Waals surface area contributed by atoms with E-state index in [1.54, 1.807) is 36.4 Å². The molecule has 0 heterocycles. The number of carbonyl (C=O) groups excluding carboxylic acids is 3. The topological polar surface area (TPSA) is 109 Å². The van der Waals surface area contributed by atoms with Crippen LogP contribution in [0.15, 0.2) is 65.1 Å². The monoisotopic (exact) mass is 596 g/mol. The zero-order chi connectivity index (χ0) is 27.8. The average Bonchev–Trinajstić information content (AvgIpc) is 2.88. The van der Waals surface area contributed by atoms with Crippen molar-refractivity contribution >= 4 is 56.7 Å². The van der Waals surface area contributed by atoms with Crippen LogP contribution in [-0.2, 0) is 4.79 Å². The number of rotatable bonds is 7. The van der Waals surface area contributed by atoms with Crippen molar-refractivity contribution in [2.24, 2.45) is 0 Å². The van der Waals surface area contributed by atoms with Gasteiger partial charge in [0.15, 0.2) is 11.7 Å². The largest absolute Gasteiger partial charge is 0.483 e. The molecule has 3 rings (SSSR count). The number of benzene rings is 3. The molecule has 0 bridgehead atoms. The van der Waals surface area contributed by atoms with Crippen LogP contribution in [0.25, 0.3) is 0 Å². The molecule has 0 unspecified atom stereocenters. The summed E-state index contributed by atoms with van der Waals surface area (Å²) in [6.45, 7) is 7.65. The molecule has 38 heavy (non-hydrogen) atoms. The van der Waals surface area contributed by atoms with Crippen molar-refractivity contribution < 1.29 is 19.1 Å². The van der Waals surface area contributed by atoms with Crippen molar-refractivity contribution in [2.75, 3.05) is 11.9 Å². The predicted molar refractivity (Wildman–Crippen MR) is 155 cm³/mol. The van der Waals surface area contributed by atoms with Crippen LogP contribution < -0.4 is 26.2 Å². The molecule has 3 amide bonds. The van der Waals surface area contributed by atoms with Gasteiger partial charge in [0.25, 0.3) is 17.7 Å². The minimum absolute atomic E-state index is 0.0786. The number of aryl methyl sites for hydroxylation is 2. The van der Waals surface area contributed by atoms with Crippen molar-refractivity contribution in [1.82, 2.24) is 16.2 Å². The fraction of sp³-hybridized carbons (Fsp3) is 0.214. The standard InChI is InChI=1S/C28H29BrN4O4S/c1-16(2)22-14-23(29)18(4)13-24(22)37-15-25(34)31-28(38)33-32-26(35)19-9-11-20(12-10-19)30-27(36)21-8-6-5-7-17(21)3/h5-14,16H,15H2,1-4H3,(H,30,36)(H,32,35)(H2,31,33,34,38). The molecular formula is C28H29BrN4O4S. The molecule has 0 aliphatic heterocycles. The van der Waals surface area contributed by atoms with Crippen LogP contribution in [0, 0.1) is 13.8 Å². The number of hydrogen-bond acceptors (Lipinski definition) is 5. The van der Waals surface area contributed by atoms with E-state index >= 15 is 0 Å². The van der Waals surface area contributed by atoms with Crippen molar-refractivity contribution in [3.63, 3.8) is 0 Å². The van der Waals surface area contributed by atoms with Gasteiger partial charge in [-0.15, -0.1) is 0 Å². The normalized spacial score (nSPS) is 10.5. The summed E-state index contributed by atoms with van der Waals surface area (Å²) in [4.78, 5) is 37.2. The summed E-state index contributed by atoms with van der Waals surface area (Å²) >= 11 is 8.61. The van der Waals surface area contributed by atoms with Crippen LogP contribution in [0.2, 0.25) is 0 Å². The highest BCUT2D eigenvalue weighted by Crippen LogP contribution is 2.32. The zero-order valence-corrected chi connectivity index (χ0v) is 23.9. The van der Waals surface area contributed by atoms with E-state index in [2.05, 4.69) is 37.4 Å². The Morgan fingerprint density at radius 2 is 1.61 bits per heavy atom. The number of thiocarbonyl (C=S) groups is 1.